The van der Waals surface area contributed by atoms with Crippen LogP contribution < -0.4 is 10.2 Å². The second-order valence-electron chi connectivity index (χ2n) is 6.13. The number of hydrogen-bond donors (Lipinski definition) is 2. The number of benzene rings is 1. The minimum Gasteiger partial charge on any atom is -0.393 e. The molecule has 0 amide bonds. The van der Waals surface area contributed by atoms with Gasteiger partial charge in [0.25, 0.3) is 0 Å². The van der Waals surface area contributed by atoms with Crippen molar-refractivity contribution in [2.45, 2.75) is 56.8 Å². The lowest BCUT2D eigenvalue weighted by Gasteiger charge is -2.40. The normalized spacial score (nSPS) is 30.6. The van der Waals surface area contributed by atoms with Crippen LogP contribution in [0.4, 0.5) is 5.69 Å². The van der Waals surface area contributed by atoms with Crippen molar-refractivity contribution in [3.8, 4) is 0 Å². The zero-order chi connectivity index (χ0) is 14.3. The van der Waals surface area contributed by atoms with Gasteiger partial charge in [-0.25, -0.2) is 0 Å². The molecule has 2 bridgehead atoms. The van der Waals surface area contributed by atoms with Gasteiger partial charge in [0, 0.05) is 28.3 Å². The molecule has 3 unspecified atom stereocenters. The summed E-state index contributed by atoms with van der Waals surface area (Å²) >= 11 is 3.59. The van der Waals surface area contributed by atoms with Crippen LogP contribution in [0.3, 0.4) is 0 Å². The molecule has 3 rings (SSSR count). The second kappa shape index (κ2) is 5.66. The summed E-state index contributed by atoms with van der Waals surface area (Å²) in [7, 11) is 2.00. The predicted molar refractivity (Wildman–Crippen MR) is 86.1 cm³/mol. The molecule has 1 aromatic carbocycles. The molecule has 20 heavy (non-hydrogen) atoms. The molecule has 4 heteroatoms. The predicted octanol–water partition coefficient (Wildman–Crippen LogP) is 3.22. The van der Waals surface area contributed by atoms with E-state index in [4.69, 9.17) is 0 Å². The summed E-state index contributed by atoms with van der Waals surface area (Å²) in [6.07, 6.45) is 4.15. The molecule has 2 aliphatic heterocycles. The van der Waals surface area contributed by atoms with Gasteiger partial charge in [-0.15, -0.1) is 0 Å². The molecule has 0 saturated carbocycles. The summed E-state index contributed by atoms with van der Waals surface area (Å²) in [4.78, 5) is 2.57. The average molecular weight is 339 g/mol. The number of aliphatic hydroxyl groups excluding tert-OH is 1. The third kappa shape index (κ3) is 2.49. The smallest absolute Gasteiger partial charge is 0.0579 e. The topological polar surface area (TPSA) is 35.5 Å². The molecular formula is C16H23BrN2O. The number of aliphatic hydroxyl groups is 1. The number of anilines is 1. The van der Waals surface area contributed by atoms with E-state index in [1.165, 1.54) is 24.1 Å². The first-order chi connectivity index (χ1) is 9.60. The van der Waals surface area contributed by atoms with E-state index in [1.807, 2.05) is 7.05 Å². The van der Waals surface area contributed by atoms with E-state index in [1.54, 1.807) is 0 Å². The Bertz CT molecular complexity index is 479. The summed E-state index contributed by atoms with van der Waals surface area (Å²) in [6, 6.07) is 7.93. The highest BCUT2D eigenvalue weighted by Gasteiger charge is 2.41. The number of rotatable bonds is 3. The molecule has 0 radical (unpaired) electrons. The molecule has 0 spiro atoms. The minimum atomic E-state index is -0.107. The van der Waals surface area contributed by atoms with E-state index in [2.05, 4.69) is 51.3 Å². The van der Waals surface area contributed by atoms with Gasteiger partial charge in [-0.2, -0.15) is 0 Å². The number of piperidine rings is 1. The van der Waals surface area contributed by atoms with Crippen molar-refractivity contribution in [3.05, 3.63) is 28.2 Å². The molecule has 2 heterocycles. The fourth-order valence-electron chi connectivity index (χ4n) is 3.80. The number of nitrogens with zero attached hydrogens (tertiary/aromatic N) is 1. The zero-order valence-electron chi connectivity index (χ0n) is 12.1. The Morgan fingerprint density at radius 3 is 2.55 bits per heavy atom. The Morgan fingerprint density at radius 2 is 1.95 bits per heavy atom. The van der Waals surface area contributed by atoms with Crippen LogP contribution in [0, 0.1) is 0 Å². The lowest BCUT2D eigenvalue weighted by atomic mass is 9.96. The Kier molecular flexibility index (Phi) is 4.07. The van der Waals surface area contributed by atoms with Crippen LogP contribution >= 0.6 is 15.9 Å². The largest absolute Gasteiger partial charge is 0.393 e. The number of hydrogen-bond acceptors (Lipinski definition) is 3. The monoisotopic (exact) mass is 338 g/mol. The quantitative estimate of drug-likeness (QED) is 0.888. The van der Waals surface area contributed by atoms with Crippen molar-refractivity contribution in [2.75, 3.05) is 11.9 Å². The SMILES string of the molecule is CNC(C)c1cc(Br)ccc1N1C2CCC1CC(O)C2. The first-order valence-electron chi connectivity index (χ1n) is 7.53. The lowest BCUT2D eigenvalue weighted by Crippen LogP contribution is -2.45. The molecule has 2 aliphatic rings. The van der Waals surface area contributed by atoms with Gasteiger partial charge in [0.05, 0.1) is 6.10 Å². The maximum Gasteiger partial charge on any atom is 0.0579 e. The fraction of sp³-hybridized carbons (Fsp3) is 0.625. The van der Waals surface area contributed by atoms with E-state index in [0.717, 1.165) is 17.3 Å². The molecule has 2 N–H and O–H groups in total. The Labute approximate surface area is 129 Å². The molecule has 0 aliphatic carbocycles. The van der Waals surface area contributed by atoms with Gasteiger partial charge in [-0.3, -0.25) is 0 Å². The maximum atomic E-state index is 9.98. The van der Waals surface area contributed by atoms with Gasteiger partial charge in [-0.05, 0) is 63.4 Å². The third-order valence-corrected chi connectivity index (χ3v) is 5.37. The van der Waals surface area contributed by atoms with Gasteiger partial charge in [0.15, 0.2) is 0 Å². The second-order valence-corrected chi connectivity index (χ2v) is 7.05. The molecule has 3 atom stereocenters. The van der Waals surface area contributed by atoms with Crippen LogP contribution in [0.2, 0.25) is 0 Å². The van der Waals surface area contributed by atoms with Crippen molar-refractivity contribution in [3.63, 3.8) is 0 Å². The van der Waals surface area contributed by atoms with Crippen LogP contribution in [0.1, 0.15) is 44.2 Å². The van der Waals surface area contributed by atoms with Crippen molar-refractivity contribution < 1.29 is 5.11 Å². The maximum absolute atomic E-state index is 9.98. The molecule has 110 valence electrons. The van der Waals surface area contributed by atoms with Crippen LogP contribution in [-0.2, 0) is 0 Å². The van der Waals surface area contributed by atoms with Gasteiger partial charge in [0.1, 0.15) is 0 Å². The lowest BCUT2D eigenvalue weighted by molar-refractivity contribution is 0.126. The van der Waals surface area contributed by atoms with E-state index >= 15 is 0 Å². The van der Waals surface area contributed by atoms with Crippen LogP contribution in [0.15, 0.2) is 22.7 Å². The van der Waals surface area contributed by atoms with Crippen molar-refractivity contribution in [2.24, 2.45) is 0 Å². The Morgan fingerprint density at radius 1 is 1.30 bits per heavy atom. The van der Waals surface area contributed by atoms with E-state index in [9.17, 15) is 5.11 Å². The van der Waals surface area contributed by atoms with Gasteiger partial charge >= 0.3 is 0 Å². The summed E-state index contributed by atoms with van der Waals surface area (Å²) in [6.45, 7) is 2.20. The van der Waals surface area contributed by atoms with Crippen molar-refractivity contribution in [1.29, 1.82) is 0 Å². The molecule has 3 nitrogen and oxygen atoms in total. The molecule has 2 fully saturated rings. The highest BCUT2D eigenvalue weighted by molar-refractivity contribution is 9.10. The standard InChI is InChI=1S/C16H23BrN2O/c1-10(18-2)15-7-11(17)3-6-16(15)19-12-4-5-13(19)9-14(20)8-12/h3,6-7,10,12-14,18,20H,4-5,8-9H2,1-2H3. The van der Waals surface area contributed by atoms with Gasteiger partial charge < -0.3 is 15.3 Å². The molecule has 2 saturated heterocycles. The summed E-state index contributed by atoms with van der Waals surface area (Å²) in [5, 5.41) is 13.3. The van der Waals surface area contributed by atoms with Crippen LogP contribution in [-0.4, -0.2) is 30.3 Å². The summed E-state index contributed by atoms with van der Waals surface area (Å²) < 4.78 is 1.13. The average Bonchev–Trinajstić information content (AvgIpc) is 2.70. The van der Waals surface area contributed by atoms with Crippen LogP contribution in [0.25, 0.3) is 0 Å². The van der Waals surface area contributed by atoms with Gasteiger partial charge in [-0.1, -0.05) is 15.9 Å². The van der Waals surface area contributed by atoms with Crippen molar-refractivity contribution >= 4 is 21.6 Å². The highest BCUT2D eigenvalue weighted by atomic mass is 79.9. The molecular weight excluding hydrogens is 316 g/mol. The van der Waals surface area contributed by atoms with E-state index < -0.39 is 0 Å². The third-order valence-electron chi connectivity index (χ3n) is 4.88. The van der Waals surface area contributed by atoms with E-state index in [-0.39, 0.29) is 6.10 Å². The number of fused-ring (bicyclic) bond motifs is 2. The van der Waals surface area contributed by atoms with E-state index in [0.29, 0.717) is 18.1 Å². The first kappa shape index (κ1) is 14.4. The Hall–Kier alpha value is -0.580. The number of halogens is 1. The molecule has 1 aromatic rings. The molecule has 0 aromatic heterocycles. The van der Waals surface area contributed by atoms with Crippen LogP contribution in [0.5, 0.6) is 0 Å². The van der Waals surface area contributed by atoms with Crippen molar-refractivity contribution in [1.82, 2.24) is 5.32 Å². The highest BCUT2D eigenvalue weighted by Crippen LogP contribution is 2.42. The summed E-state index contributed by atoms with van der Waals surface area (Å²) in [5.74, 6) is 0. The fourth-order valence-corrected chi connectivity index (χ4v) is 4.18. The summed E-state index contributed by atoms with van der Waals surface area (Å²) in [5.41, 5.74) is 2.68. The Balaban J connectivity index is 1.98. The minimum absolute atomic E-state index is 0.107. The van der Waals surface area contributed by atoms with Gasteiger partial charge in [0.2, 0.25) is 0 Å². The first-order valence-corrected chi connectivity index (χ1v) is 8.32. The zero-order valence-corrected chi connectivity index (χ0v) is 13.7. The number of nitrogens with one attached hydrogen (secondary N) is 1.